The highest BCUT2D eigenvalue weighted by molar-refractivity contribution is 5.89. The van der Waals surface area contributed by atoms with E-state index in [1.165, 1.54) is 6.92 Å². The normalized spacial score (nSPS) is 12.1. The van der Waals surface area contributed by atoms with Gasteiger partial charge in [-0.2, -0.15) is 0 Å². The highest BCUT2D eigenvalue weighted by Crippen LogP contribution is 2.32. The van der Waals surface area contributed by atoms with E-state index in [2.05, 4.69) is 21.1 Å². The average Bonchev–Trinajstić information content (AvgIpc) is 2.49. The zero-order chi connectivity index (χ0) is 9.26. The van der Waals surface area contributed by atoms with Gasteiger partial charge in [0.25, 0.3) is 0 Å². The van der Waals surface area contributed by atoms with Crippen molar-refractivity contribution in [3.05, 3.63) is 18.2 Å². The maximum absolute atomic E-state index is 10.7. The Morgan fingerprint density at radius 3 is 3.00 bits per heavy atom. The van der Waals surface area contributed by atoms with Gasteiger partial charge in [0.2, 0.25) is 5.91 Å². The molecule has 1 aromatic rings. The Morgan fingerprint density at radius 1 is 1.38 bits per heavy atom. The van der Waals surface area contributed by atoms with Crippen molar-refractivity contribution in [2.75, 3.05) is 5.32 Å². The summed E-state index contributed by atoms with van der Waals surface area (Å²) in [6.07, 6.45) is 0. The van der Waals surface area contributed by atoms with Gasteiger partial charge in [0.1, 0.15) is 11.4 Å². The van der Waals surface area contributed by atoms with E-state index in [-0.39, 0.29) is 5.91 Å². The predicted molar refractivity (Wildman–Crippen MR) is 47.1 cm³/mol. The minimum absolute atomic E-state index is 0.105. The van der Waals surface area contributed by atoms with E-state index in [9.17, 15) is 4.79 Å². The predicted octanol–water partition coefficient (Wildman–Crippen LogP) is 1.89. The van der Waals surface area contributed by atoms with E-state index in [0.29, 0.717) is 11.4 Å². The molecule has 5 heteroatoms. The third kappa shape index (κ3) is 1.48. The van der Waals surface area contributed by atoms with E-state index in [4.69, 9.17) is 0 Å². The average molecular weight is 175 g/mol. The molecule has 1 aliphatic heterocycles. The van der Waals surface area contributed by atoms with Crippen LogP contribution in [0, 0.1) is 0 Å². The molecule has 1 N–H and O–H groups in total. The number of nitrogens with one attached hydrogen (secondary N) is 1. The molecule has 0 saturated carbocycles. The van der Waals surface area contributed by atoms with Crippen LogP contribution < -0.4 is 10.7 Å². The van der Waals surface area contributed by atoms with E-state index in [1.54, 1.807) is 18.2 Å². The molecule has 0 aliphatic carbocycles. The first-order chi connectivity index (χ1) is 6.25. The molecule has 2 rings (SSSR count). The lowest BCUT2D eigenvalue weighted by Gasteiger charge is -2.01. The van der Waals surface area contributed by atoms with Crippen LogP contribution in [0.25, 0.3) is 0 Å². The largest absolute Gasteiger partial charge is 0.326 e. The van der Waals surface area contributed by atoms with Crippen LogP contribution in [0.4, 0.5) is 17.1 Å². The van der Waals surface area contributed by atoms with Crippen LogP contribution >= 0.6 is 0 Å². The number of anilines is 1. The Hall–Kier alpha value is -1.91. The quantitative estimate of drug-likeness (QED) is 0.695. The molecule has 65 valence electrons. The Bertz CT molecular complexity index is 386. The van der Waals surface area contributed by atoms with Crippen molar-refractivity contribution in [2.45, 2.75) is 6.92 Å². The number of nitrogens with zero attached hydrogens (tertiary/aromatic N) is 3. The molecule has 1 heterocycles. The lowest BCUT2D eigenvalue weighted by Crippen LogP contribution is -2.05. The van der Waals surface area contributed by atoms with Crippen LogP contribution in [0.3, 0.4) is 0 Å². The number of benzene rings is 1. The minimum Gasteiger partial charge on any atom is -0.326 e. The SMILES string of the molecule is CC(=O)Nc1ccc2c(c1)N=N[N]2. The standard InChI is InChI=1S/C8H7N4O/c1-5(13)9-6-2-3-7-8(4-6)11-12-10-7/h2-4H,1H3,(H,9,13). The van der Waals surface area contributed by atoms with Gasteiger partial charge in [-0.3, -0.25) is 4.79 Å². The molecule has 0 aromatic heterocycles. The molecule has 0 atom stereocenters. The summed E-state index contributed by atoms with van der Waals surface area (Å²) >= 11 is 0. The van der Waals surface area contributed by atoms with Crippen LogP contribution in [0.2, 0.25) is 0 Å². The van der Waals surface area contributed by atoms with Crippen molar-refractivity contribution in [3.8, 4) is 0 Å². The fourth-order valence-corrected chi connectivity index (χ4v) is 1.09. The topological polar surface area (TPSA) is 67.9 Å². The Morgan fingerprint density at radius 2 is 2.23 bits per heavy atom. The summed E-state index contributed by atoms with van der Waals surface area (Å²) in [6, 6.07) is 5.26. The van der Waals surface area contributed by atoms with Crippen molar-refractivity contribution in [3.63, 3.8) is 0 Å². The maximum Gasteiger partial charge on any atom is 0.221 e. The van der Waals surface area contributed by atoms with Gasteiger partial charge >= 0.3 is 0 Å². The van der Waals surface area contributed by atoms with Crippen molar-refractivity contribution in [1.82, 2.24) is 5.43 Å². The summed E-state index contributed by atoms with van der Waals surface area (Å²) < 4.78 is 0. The van der Waals surface area contributed by atoms with Crippen LogP contribution in [0.5, 0.6) is 0 Å². The second-order valence-electron chi connectivity index (χ2n) is 2.67. The molecule has 0 bridgehead atoms. The molecule has 1 aromatic carbocycles. The first-order valence-corrected chi connectivity index (χ1v) is 3.79. The van der Waals surface area contributed by atoms with Crippen molar-refractivity contribution < 1.29 is 4.79 Å². The Kier molecular flexibility index (Phi) is 1.70. The Balaban J connectivity index is 2.30. The van der Waals surface area contributed by atoms with Crippen LogP contribution in [-0.4, -0.2) is 5.91 Å². The number of fused-ring (bicyclic) bond motifs is 1. The van der Waals surface area contributed by atoms with Crippen molar-refractivity contribution in [1.29, 1.82) is 0 Å². The summed E-state index contributed by atoms with van der Waals surface area (Å²) in [7, 11) is 0. The zero-order valence-corrected chi connectivity index (χ0v) is 6.98. The smallest absolute Gasteiger partial charge is 0.221 e. The minimum atomic E-state index is -0.105. The molecular formula is C8H7N4O. The van der Waals surface area contributed by atoms with E-state index in [1.807, 2.05) is 0 Å². The molecule has 5 nitrogen and oxygen atoms in total. The number of carbonyl (C=O) groups is 1. The summed E-state index contributed by atoms with van der Waals surface area (Å²) in [6.45, 7) is 1.46. The molecule has 1 radical (unpaired) electrons. The first kappa shape index (κ1) is 7.72. The van der Waals surface area contributed by atoms with Gasteiger partial charge in [0, 0.05) is 12.6 Å². The maximum atomic E-state index is 10.7. The molecule has 0 fully saturated rings. The second-order valence-corrected chi connectivity index (χ2v) is 2.67. The third-order valence-electron chi connectivity index (χ3n) is 1.60. The van der Waals surface area contributed by atoms with Gasteiger partial charge in [0.15, 0.2) is 0 Å². The highest BCUT2D eigenvalue weighted by atomic mass is 16.1. The number of carbonyl (C=O) groups excluding carboxylic acids is 1. The van der Waals surface area contributed by atoms with E-state index >= 15 is 0 Å². The summed E-state index contributed by atoms with van der Waals surface area (Å²) in [5.41, 5.74) is 5.89. The summed E-state index contributed by atoms with van der Waals surface area (Å²) in [4.78, 5) is 10.7. The van der Waals surface area contributed by atoms with Crippen LogP contribution in [-0.2, 0) is 4.79 Å². The molecule has 13 heavy (non-hydrogen) atoms. The fraction of sp³-hybridized carbons (Fsp3) is 0.125. The molecule has 1 aliphatic rings. The Labute approximate surface area is 74.8 Å². The zero-order valence-electron chi connectivity index (χ0n) is 6.98. The lowest BCUT2D eigenvalue weighted by molar-refractivity contribution is -0.114. The van der Waals surface area contributed by atoms with E-state index < -0.39 is 0 Å². The first-order valence-electron chi connectivity index (χ1n) is 3.79. The van der Waals surface area contributed by atoms with Crippen LogP contribution in [0.1, 0.15) is 6.92 Å². The van der Waals surface area contributed by atoms with Crippen molar-refractivity contribution >= 4 is 23.0 Å². The van der Waals surface area contributed by atoms with E-state index in [0.717, 1.165) is 5.69 Å². The van der Waals surface area contributed by atoms with Gasteiger partial charge in [-0.05, 0) is 23.4 Å². The molecular weight excluding hydrogens is 168 g/mol. The van der Waals surface area contributed by atoms with Gasteiger partial charge in [-0.25, -0.2) is 0 Å². The number of amides is 1. The molecule has 0 spiro atoms. The fourth-order valence-electron chi connectivity index (χ4n) is 1.09. The number of hydrogen-bond acceptors (Lipinski definition) is 3. The highest BCUT2D eigenvalue weighted by Gasteiger charge is 2.09. The second kappa shape index (κ2) is 2.85. The molecule has 1 amide bonds. The number of rotatable bonds is 1. The van der Waals surface area contributed by atoms with Gasteiger partial charge in [-0.1, -0.05) is 0 Å². The molecule has 0 saturated heterocycles. The summed E-state index contributed by atoms with van der Waals surface area (Å²) in [5.74, 6) is -0.105. The summed E-state index contributed by atoms with van der Waals surface area (Å²) in [5, 5.41) is 9.94. The lowest BCUT2D eigenvalue weighted by atomic mass is 10.2. The monoisotopic (exact) mass is 175 g/mol. The van der Waals surface area contributed by atoms with Gasteiger partial charge in [-0.15, -0.1) is 10.5 Å². The molecule has 0 unspecified atom stereocenters. The third-order valence-corrected chi connectivity index (χ3v) is 1.60. The van der Waals surface area contributed by atoms with Crippen molar-refractivity contribution in [2.24, 2.45) is 10.3 Å². The van der Waals surface area contributed by atoms with Gasteiger partial charge < -0.3 is 5.32 Å². The van der Waals surface area contributed by atoms with Gasteiger partial charge in [0.05, 0.1) is 0 Å². The van der Waals surface area contributed by atoms with Crippen LogP contribution in [0.15, 0.2) is 28.5 Å². The number of hydrogen-bond donors (Lipinski definition) is 1.